The second-order valence-corrected chi connectivity index (χ2v) is 5.82. The van der Waals surface area contributed by atoms with Crippen LogP contribution in [0.4, 0.5) is 5.69 Å². The molecule has 0 bridgehead atoms. The van der Waals surface area contributed by atoms with E-state index in [9.17, 15) is 14.9 Å². The number of likely N-dealkylation sites (tertiary alicyclic amines) is 1. The molecule has 1 saturated heterocycles. The average Bonchev–Trinajstić information content (AvgIpc) is 3.25. The monoisotopic (exact) mass is 329 g/mol. The Morgan fingerprint density at radius 2 is 2.00 bits per heavy atom. The molecule has 0 atom stereocenters. The van der Waals surface area contributed by atoms with Crippen LogP contribution in [-0.4, -0.2) is 39.0 Å². The predicted molar refractivity (Wildman–Crippen MR) is 87.4 cm³/mol. The van der Waals surface area contributed by atoms with Crippen molar-refractivity contribution in [3.63, 3.8) is 0 Å². The van der Waals surface area contributed by atoms with Gasteiger partial charge >= 0.3 is 5.69 Å². The summed E-state index contributed by atoms with van der Waals surface area (Å²) in [5.74, 6) is -0.532. The summed E-state index contributed by atoms with van der Waals surface area (Å²) < 4.78 is 0. The Hall–Kier alpha value is -2.74. The second-order valence-electron chi connectivity index (χ2n) is 5.82. The van der Waals surface area contributed by atoms with E-state index in [1.165, 1.54) is 18.4 Å². The van der Waals surface area contributed by atoms with Gasteiger partial charge in [-0.1, -0.05) is 24.3 Å². The smallest absolute Gasteiger partial charge is 0.319 e. The van der Waals surface area contributed by atoms with E-state index in [1.54, 1.807) is 0 Å². The molecule has 2 aromatic rings. The second kappa shape index (κ2) is 7.22. The molecule has 0 radical (unpaired) electrons. The number of carbonyl (C=O) groups excluding carboxylic acids is 1. The highest BCUT2D eigenvalue weighted by Crippen LogP contribution is 2.17. The van der Waals surface area contributed by atoms with Crippen LogP contribution >= 0.6 is 0 Å². The van der Waals surface area contributed by atoms with E-state index in [0.717, 1.165) is 31.4 Å². The summed E-state index contributed by atoms with van der Waals surface area (Å²) in [6.45, 7) is 3.37. The summed E-state index contributed by atoms with van der Waals surface area (Å²) in [5.41, 5.74) is 1.73. The largest absolute Gasteiger partial charge is 0.346 e. The SMILES string of the molecule is O=C(NCc1ccccc1CN1CCCC1)c1[nH]ncc1[N+](=O)[O-]. The molecule has 1 aliphatic rings. The molecule has 1 fully saturated rings. The van der Waals surface area contributed by atoms with Gasteiger partial charge in [-0.3, -0.25) is 24.9 Å². The Labute approximate surface area is 139 Å². The van der Waals surface area contributed by atoms with Gasteiger partial charge in [-0.25, -0.2) is 0 Å². The van der Waals surface area contributed by atoms with Crippen molar-refractivity contribution in [3.8, 4) is 0 Å². The van der Waals surface area contributed by atoms with Crippen LogP contribution in [0, 0.1) is 10.1 Å². The van der Waals surface area contributed by atoms with Gasteiger partial charge < -0.3 is 5.32 Å². The number of rotatable bonds is 6. The Morgan fingerprint density at radius 1 is 1.29 bits per heavy atom. The minimum Gasteiger partial charge on any atom is -0.346 e. The standard InChI is InChI=1S/C16H19N5O3/c22-16(15-14(21(23)24)10-18-19-15)17-9-12-5-1-2-6-13(12)11-20-7-3-4-8-20/h1-2,5-6,10H,3-4,7-9,11H2,(H,17,22)(H,18,19). The van der Waals surface area contributed by atoms with Crippen molar-refractivity contribution in [3.05, 3.63) is 57.4 Å². The first-order valence-electron chi connectivity index (χ1n) is 7.90. The normalized spacial score (nSPS) is 14.7. The van der Waals surface area contributed by atoms with Crippen molar-refractivity contribution in [2.24, 2.45) is 0 Å². The lowest BCUT2D eigenvalue weighted by Gasteiger charge is -2.17. The highest BCUT2D eigenvalue weighted by Gasteiger charge is 2.22. The first-order valence-corrected chi connectivity index (χ1v) is 7.90. The molecule has 3 rings (SSSR count). The van der Waals surface area contributed by atoms with Gasteiger partial charge in [0, 0.05) is 13.1 Å². The van der Waals surface area contributed by atoms with Crippen LogP contribution in [0.1, 0.15) is 34.5 Å². The summed E-state index contributed by atoms with van der Waals surface area (Å²) in [4.78, 5) is 24.8. The minimum absolute atomic E-state index is 0.128. The number of carbonyl (C=O) groups is 1. The zero-order valence-corrected chi connectivity index (χ0v) is 13.2. The Bertz CT molecular complexity index is 737. The lowest BCUT2D eigenvalue weighted by Crippen LogP contribution is -2.25. The van der Waals surface area contributed by atoms with E-state index in [-0.39, 0.29) is 11.4 Å². The molecule has 1 aliphatic heterocycles. The first kappa shape index (κ1) is 16.1. The number of amides is 1. The number of aromatic nitrogens is 2. The lowest BCUT2D eigenvalue weighted by atomic mass is 10.1. The van der Waals surface area contributed by atoms with E-state index in [2.05, 4.69) is 26.5 Å². The third-order valence-electron chi connectivity index (χ3n) is 4.19. The van der Waals surface area contributed by atoms with Crippen molar-refractivity contribution >= 4 is 11.6 Å². The van der Waals surface area contributed by atoms with Gasteiger partial charge in [0.25, 0.3) is 5.91 Å². The Balaban J connectivity index is 1.67. The van der Waals surface area contributed by atoms with E-state index < -0.39 is 10.8 Å². The first-order chi connectivity index (χ1) is 11.6. The van der Waals surface area contributed by atoms with Gasteiger partial charge in [0.2, 0.25) is 5.69 Å². The number of H-pyrrole nitrogens is 1. The quantitative estimate of drug-likeness (QED) is 0.621. The highest BCUT2D eigenvalue weighted by molar-refractivity contribution is 5.95. The number of nitrogens with zero attached hydrogens (tertiary/aromatic N) is 3. The maximum absolute atomic E-state index is 12.2. The molecule has 8 heteroatoms. The molecule has 0 saturated carbocycles. The molecule has 1 aromatic heterocycles. The predicted octanol–water partition coefficient (Wildman–Crippen LogP) is 1.84. The van der Waals surface area contributed by atoms with Crippen molar-refractivity contribution in [2.75, 3.05) is 13.1 Å². The molecule has 24 heavy (non-hydrogen) atoms. The highest BCUT2D eigenvalue weighted by atomic mass is 16.6. The fourth-order valence-electron chi connectivity index (χ4n) is 2.92. The number of nitro groups is 1. The van der Waals surface area contributed by atoms with Gasteiger partial charge in [0.05, 0.1) is 4.92 Å². The number of aromatic amines is 1. The van der Waals surface area contributed by atoms with Gasteiger partial charge in [0.1, 0.15) is 6.20 Å². The average molecular weight is 329 g/mol. The minimum atomic E-state index is -0.625. The molecule has 126 valence electrons. The van der Waals surface area contributed by atoms with Gasteiger partial charge in [-0.2, -0.15) is 5.10 Å². The third-order valence-corrected chi connectivity index (χ3v) is 4.19. The number of hydrogen-bond acceptors (Lipinski definition) is 5. The summed E-state index contributed by atoms with van der Waals surface area (Å²) in [6.07, 6.45) is 3.49. The summed E-state index contributed by atoms with van der Waals surface area (Å²) in [5, 5.41) is 19.6. The number of benzene rings is 1. The van der Waals surface area contributed by atoms with E-state index >= 15 is 0 Å². The van der Waals surface area contributed by atoms with Crippen LogP contribution in [0.2, 0.25) is 0 Å². The third kappa shape index (κ3) is 3.60. The lowest BCUT2D eigenvalue weighted by molar-refractivity contribution is -0.385. The van der Waals surface area contributed by atoms with E-state index in [0.29, 0.717) is 6.54 Å². The Morgan fingerprint density at radius 3 is 2.71 bits per heavy atom. The fraction of sp³-hybridized carbons (Fsp3) is 0.375. The zero-order chi connectivity index (χ0) is 16.9. The van der Waals surface area contributed by atoms with E-state index in [1.807, 2.05) is 18.2 Å². The van der Waals surface area contributed by atoms with Crippen LogP contribution < -0.4 is 5.32 Å². The van der Waals surface area contributed by atoms with Crippen LogP contribution in [0.5, 0.6) is 0 Å². The van der Waals surface area contributed by atoms with Crippen molar-refractivity contribution in [1.82, 2.24) is 20.4 Å². The molecule has 2 heterocycles. The molecule has 0 spiro atoms. The van der Waals surface area contributed by atoms with Gasteiger partial charge in [-0.05, 0) is 37.1 Å². The summed E-state index contributed by atoms with van der Waals surface area (Å²) in [7, 11) is 0. The topological polar surface area (TPSA) is 104 Å². The summed E-state index contributed by atoms with van der Waals surface area (Å²) >= 11 is 0. The molecule has 1 amide bonds. The van der Waals surface area contributed by atoms with Crippen LogP contribution in [0.15, 0.2) is 30.5 Å². The van der Waals surface area contributed by atoms with Crippen molar-refractivity contribution < 1.29 is 9.72 Å². The number of nitrogens with one attached hydrogen (secondary N) is 2. The number of hydrogen-bond donors (Lipinski definition) is 2. The van der Waals surface area contributed by atoms with Crippen LogP contribution in [-0.2, 0) is 13.1 Å². The van der Waals surface area contributed by atoms with Crippen molar-refractivity contribution in [1.29, 1.82) is 0 Å². The van der Waals surface area contributed by atoms with Crippen molar-refractivity contribution in [2.45, 2.75) is 25.9 Å². The fourth-order valence-corrected chi connectivity index (χ4v) is 2.92. The van der Waals surface area contributed by atoms with Crippen LogP contribution in [0.3, 0.4) is 0 Å². The zero-order valence-electron chi connectivity index (χ0n) is 13.2. The molecule has 0 unspecified atom stereocenters. The van der Waals surface area contributed by atoms with E-state index in [4.69, 9.17) is 0 Å². The molecular formula is C16H19N5O3. The Kier molecular flexibility index (Phi) is 4.85. The molecule has 8 nitrogen and oxygen atoms in total. The van der Waals surface area contributed by atoms with Gasteiger partial charge in [0.15, 0.2) is 0 Å². The molecule has 1 aromatic carbocycles. The maximum atomic E-state index is 12.2. The van der Waals surface area contributed by atoms with Gasteiger partial charge in [-0.15, -0.1) is 0 Å². The van der Waals surface area contributed by atoms with Crippen LogP contribution in [0.25, 0.3) is 0 Å². The molecular weight excluding hydrogens is 310 g/mol. The summed E-state index contributed by atoms with van der Waals surface area (Å²) in [6, 6.07) is 7.93. The molecule has 2 N–H and O–H groups in total. The molecule has 0 aliphatic carbocycles. The maximum Gasteiger partial charge on any atom is 0.319 e.